The van der Waals surface area contributed by atoms with Crippen LogP contribution in [-0.4, -0.2) is 193 Å². The molecule has 0 saturated carbocycles. The molecule has 0 amide bonds. The Labute approximate surface area is 288 Å². The largest absolute Gasteiger partial charge is 0.453 e. The summed E-state index contributed by atoms with van der Waals surface area (Å²) in [5.41, 5.74) is 0. The van der Waals surface area contributed by atoms with Gasteiger partial charge in [0, 0.05) is 40.6 Å². The van der Waals surface area contributed by atoms with Crippen LogP contribution in [0.25, 0.3) is 0 Å². The first kappa shape index (κ1) is 45.5. The third kappa shape index (κ3) is 12.9. The molecule has 0 aromatic rings. The number of aliphatic hydroxyl groups is 8. The number of esters is 2. The lowest BCUT2D eigenvalue weighted by molar-refractivity contribution is -0.329. The Morgan fingerprint density at radius 2 is 0.980 bits per heavy atom. The minimum absolute atomic E-state index is 0.0882. The number of hydrogen-bond acceptors (Lipinski definition) is 20. The normalized spacial score (nSPS) is 38.2. The molecule has 0 radical (unpaired) electrons. The van der Waals surface area contributed by atoms with E-state index in [1.54, 1.807) is 0 Å². The van der Waals surface area contributed by atoms with E-state index in [-0.39, 0.29) is 19.8 Å². The van der Waals surface area contributed by atoms with Gasteiger partial charge in [-0.2, -0.15) is 0 Å². The Kier molecular flexibility index (Phi) is 21.1. The molecule has 0 aromatic carbocycles. The van der Waals surface area contributed by atoms with Gasteiger partial charge in [0.15, 0.2) is 25.0 Å². The Morgan fingerprint density at radius 3 is 1.36 bits per heavy atom. The molecule has 3 saturated heterocycles. The summed E-state index contributed by atoms with van der Waals surface area (Å²) in [6.07, 6.45) is -15.9. The van der Waals surface area contributed by atoms with Gasteiger partial charge in [-0.1, -0.05) is 19.7 Å². The van der Waals surface area contributed by atoms with E-state index in [1.807, 2.05) is 0 Å². The topological polar surface area (TPSA) is 288 Å². The Balaban J connectivity index is 0.000000489. The Bertz CT molecular complexity index is 1020. The molecule has 3 fully saturated rings. The second-order valence-electron chi connectivity index (χ2n) is 10.7. The Morgan fingerprint density at radius 1 is 0.560 bits per heavy atom. The van der Waals surface area contributed by atoms with E-state index in [0.29, 0.717) is 0 Å². The number of aliphatic hydroxyl groups excluding tert-OH is 8. The quantitative estimate of drug-likeness (QED) is 0.0504. The maximum atomic E-state index is 11.5. The lowest BCUT2D eigenvalue weighted by Crippen LogP contribution is -2.62. The summed E-state index contributed by atoms with van der Waals surface area (Å²) < 4.78 is 50.1. The van der Waals surface area contributed by atoms with Gasteiger partial charge in [-0.3, -0.25) is 0 Å². The van der Waals surface area contributed by atoms with Crippen LogP contribution in [0.2, 0.25) is 0 Å². The summed E-state index contributed by atoms with van der Waals surface area (Å²) in [6, 6.07) is 0. The van der Waals surface area contributed by atoms with Crippen LogP contribution in [0.4, 0.5) is 0 Å². The molecule has 6 unspecified atom stereocenters. The smallest absolute Gasteiger partial charge is 0.334 e. The van der Waals surface area contributed by atoms with E-state index >= 15 is 0 Å². The summed E-state index contributed by atoms with van der Waals surface area (Å²) in [5.74, 6) is -1.34. The third-order valence-electron chi connectivity index (χ3n) is 7.32. The minimum Gasteiger partial charge on any atom is -0.453 e. The highest BCUT2D eigenvalue weighted by atomic mass is 16.7. The molecular weight excluding hydrogens is 680 g/mol. The van der Waals surface area contributed by atoms with Crippen molar-refractivity contribution in [2.24, 2.45) is 0 Å². The highest BCUT2D eigenvalue weighted by Gasteiger charge is 2.49. The fourth-order valence-corrected chi connectivity index (χ4v) is 4.65. The van der Waals surface area contributed by atoms with Gasteiger partial charge in [-0.05, 0) is 0 Å². The monoisotopic (exact) mass is 730 g/mol. The first-order valence-electron chi connectivity index (χ1n) is 15.0. The molecule has 3 heterocycles. The van der Waals surface area contributed by atoms with Crippen molar-refractivity contribution in [3.05, 3.63) is 38.2 Å². The highest BCUT2D eigenvalue weighted by molar-refractivity contribution is 5.81. The Hall–Kier alpha value is -2.48. The van der Waals surface area contributed by atoms with E-state index in [1.165, 1.54) is 28.4 Å². The molecule has 3 aliphatic rings. The highest BCUT2D eigenvalue weighted by Crippen LogP contribution is 2.27. The summed E-state index contributed by atoms with van der Waals surface area (Å²) >= 11 is 0. The second-order valence-corrected chi connectivity index (χ2v) is 10.7. The number of carbonyl (C=O) groups excluding carboxylic acids is 2. The lowest BCUT2D eigenvalue weighted by atomic mass is 9.98. The number of methoxy groups -OCH3 is 4. The van der Waals surface area contributed by atoms with E-state index in [9.17, 15) is 50.4 Å². The van der Waals surface area contributed by atoms with Crippen LogP contribution < -0.4 is 0 Å². The fourth-order valence-electron chi connectivity index (χ4n) is 4.65. The average molecular weight is 731 g/mol. The van der Waals surface area contributed by atoms with E-state index in [0.717, 1.165) is 18.4 Å². The second kappa shape index (κ2) is 23.2. The van der Waals surface area contributed by atoms with Crippen LogP contribution in [0.5, 0.6) is 0 Å². The molecule has 20 nitrogen and oxygen atoms in total. The molecular formula is C30H50O20. The molecule has 8 N–H and O–H groups in total. The molecule has 290 valence electrons. The molecule has 3 aliphatic heterocycles. The van der Waals surface area contributed by atoms with Crippen LogP contribution in [0, 0.1) is 0 Å². The summed E-state index contributed by atoms with van der Waals surface area (Å²) in [7, 11) is 5.42. The zero-order valence-electron chi connectivity index (χ0n) is 28.1. The van der Waals surface area contributed by atoms with Gasteiger partial charge in [-0.15, -0.1) is 0 Å². The van der Waals surface area contributed by atoms with E-state index < -0.39 is 104 Å². The van der Waals surface area contributed by atoms with Crippen molar-refractivity contribution in [1.82, 2.24) is 0 Å². The van der Waals surface area contributed by atoms with E-state index in [2.05, 4.69) is 24.5 Å². The van der Waals surface area contributed by atoms with Crippen molar-refractivity contribution in [2.45, 2.75) is 92.1 Å². The van der Waals surface area contributed by atoms with Crippen LogP contribution in [0.1, 0.15) is 0 Å². The van der Waals surface area contributed by atoms with Crippen molar-refractivity contribution in [2.75, 3.05) is 48.3 Å². The van der Waals surface area contributed by atoms with Gasteiger partial charge in [0.25, 0.3) is 0 Å². The molecule has 20 heteroatoms. The predicted octanol–water partition coefficient (Wildman–Crippen LogP) is -4.41. The first-order valence-corrected chi connectivity index (χ1v) is 15.0. The van der Waals surface area contributed by atoms with E-state index in [4.69, 9.17) is 42.6 Å². The van der Waals surface area contributed by atoms with Gasteiger partial charge < -0.3 is 88.2 Å². The standard InChI is InChI=1S/C17H28O12.C8H16O6.C5H6O2/c1-4-9(18)29-15-11(20)7(5-24-2)28-17(14(15)23)26-6-8-10(19)12(21)13(22)16(25-3)27-8;1-12-3-4-5(9)6(10)7(11)8(13-2)14-4;1-3-5(6)7-4-2/h4,7-8,10-17,19-23H,1,5-6H2,2-3H3;4-11H,3H2,1-2H3;3-4H,1-2H2/t7?,8?,10-,11-,12+,13?,14?,15+,16+,17+;4?,5-,6+,7?,8+;/m11./s1. The van der Waals surface area contributed by atoms with Gasteiger partial charge in [0.1, 0.15) is 67.1 Å². The van der Waals surface area contributed by atoms with Gasteiger partial charge in [-0.25, -0.2) is 9.59 Å². The number of hydrogen-bond donors (Lipinski definition) is 8. The van der Waals surface area contributed by atoms with Crippen molar-refractivity contribution >= 4 is 11.9 Å². The molecule has 0 spiro atoms. The third-order valence-corrected chi connectivity index (χ3v) is 7.32. The van der Waals surface area contributed by atoms with Gasteiger partial charge in [0.2, 0.25) is 0 Å². The van der Waals surface area contributed by atoms with Crippen LogP contribution >= 0.6 is 0 Å². The molecule has 15 atom stereocenters. The van der Waals surface area contributed by atoms with Crippen molar-refractivity contribution in [1.29, 1.82) is 0 Å². The first-order chi connectivity index (χ1) is 23.7. The lowest BCUT2D eigenvalue weighted by Gasteiger charge is -2.43. The van der Waals surface area contributed by atoms with Gasteiger partial charge in [0.05, 0.1) is 26.1 Å². The molecule has 50 heavy (non-hydrogen) atoms. The van der Waals surface area contributed by atoms with Crippen LogP contribution in [0.3, 0.4) is 0 Å². The predicted molar refractivity (Wildman–Crippen MR) is 164 cm³/mol. The SMILES string of the molecule is C=CC(=O)O[C@@H]1C(O)[C@@H](OCC2O[C@H](OC)C(O)[C@@H](O)[C@@H]2O)OC(COC)[C@H]1O.C=COC(=O)C=C.COCC1O[C@H](OC)C(O)[C@@H](O)[C@@H]1O. The maximum Gasteiger partial charge on any atom is 0.334 e. The number of rotatable bonds is 13. The molecule has 0 aliphatic carbocycles. The molecule has 0 bridgehead atoms. The van der Waals surface area contributed by atoms with Crippen molar-refractivity contribution in [3.8, 4) is 0 Å². The zero-order chi connectivity index (χ0) is 38.1. The van der Waals surface area contributed by atoms with Crippen molar-refractivity contribution < 1.29 is 97.8 Å². The average Bonchev–Trinajstić information content (AvgIpc) is 3.11. The number of carbonyl (C=O) groups is 2. The molecule has 3 rings (SSSR count). The molecule has 0 aromatic heterocycles. The maximum absolute atomic E-state index is 11.5. The van der Waals surface area contributed by atoms with Crippen LogP contribution in [-0.2, 0) is 57.0 Å². The van der Waals surface area contributed by atoms with Gasteiger partial charge >= 0.3 is 11.9 Å². The summed E-state index contributed by atoms with van der Waals surface area (Å²) in [6.45, 7) is 9.23. The van der Waals surface area contributed by atoms with Crippen molar-refractivity contribution in [3.63, 3.8) is 0 Å². The minimum atomic E-state index is -1.59. The number of ether oxygens (including phenoxy) is 10. The summed E-state index contributed by atoms with van der Waals surface area (Å²) in [4.78, 5) is 21.5. The zero-order valence-corrected chi connectivity index (χ0v) is 28.1. The fraction of sp³-hybridized carbons (Fsp3) is 0.733. The van der Waals surface area contributed by atoms with Crippen LogP contribution in [0.15, 0.2) is 38.2 Å². The summed E-state index contributed by atoms with van der Waals surface area (Å²) in [5, 5.41) is 78.8.